The Kier molecular flexibility index (Phi) is 1.93. The van der Waals surface area contributed by atoms with Crippen LogP contribution in [-0.4, -0.2) is 9.55 Å². The molecule has 0 unspecified atom stereocenters. The molecule has 0 fully saturated rings. The van der Waals surface area contributed by atoms with Crippen molar-refractivity contribution in [2.75, 3.05) is 5.73 Å². The van der Waals surface area contributed by atoms with Gasteiger partial charge < -0.3 is 10.3 Å². The van der Waals surface area contributed by atoms with E-state index in [1.54, 1.807) is 0 Å². The van der Waals surface area contributed by atoms with E-state index in [2.05, 4.69) is 30.1 Å². The van der Waals surface area contributed by atoms with Gasteiger partial charge >= 0.3 is 0 Å². The zero-order valence-electron chi connectivity index (χ0n) is 7.70. The Morgan fingerprint density at radius 1 is 1.62 bits per heavy atom. The van der Waals surface area contributed by atoms with E-state index in [-0.39, 0.29) is 0 Å². The SMILES string of the molecule is CCn1c(C2=CC=CC2)cnc1N. The first-order chi connectivity index (χ1) is 6.33. The fraction of sp³-hybridized carbons (Fsp3) is 0.300. The van der Waals surface area contributed by atoms with Crippen LogP contribution in [-0.2, 0) is 6.54 Å². The molecule has 0 aromatic carbocycles. The summed E-state index contributed by atoms with van der Waals surface area (Å²) in [6.07, 6.45) is 9.16. The third-order valence-corrected chi connectivity index (χ3v) is 2.30. The molecule has 3 nitrogen and oxygen atoms in total. The maximum Gasteiger partial charge on any atom is 0.200 e. The summed E-state index contributed by atoms with van der Waals surface area (Å²) in [4.78, 5) is 4.10. The monoisotopic (exact) mass is 175 g/mol. The van der Waals surface area contributed by atoms with Crippen LogP contribution in [0.5, 0.6) is 0 Å². The highest BCUT2D eigenvalue weighted by molar-refractivity contribution is 5.69. The van der Waals surface area contributed by atoms with Gasteiger partial charge in [-0.15, -0.1) is 0 Å². The van der Waals surface area contributed by atoms with E-state index in [0.717, 1.165) is 18.7 Å². The summed E-state index contributed by atoms with van der Waals surface area (Å²) in [5.74, 6) is 0.602. The molecule has 0 amide bonds. The zero-order valence-corrected chi connectivity index (χ0v) is 7.70. The van der Waals surface area contributed by atoms with Gasteiger partial charge in [-0.2, -0.15) is 0 Å². The number of nitrogens with zero attached hydrogens (tertiary/aromatic N) is 2. The predicted molar refractivity (Wildman–Crippen MR) is 54.0 cm³/mol. The van der Waals surface area contributed by atoms with E-state index in [9.17, 15) is 0 Å². The first kappa shape index (κ1) is 8.10. The molecule has 0 spiro atoms. The van der Waals surface area contributed by atoms with Gasteiger partial charge in [0, 0.05) is 6.54 Å². The number of imidazole rings is 1. The summed E-state index contributed by atoms with van der Waals surface area (Å²) in [5.41, 5.74) is 8.16. The number of hydrogen-bond acceptors (Lipinski definition) is 2. The van der Waals surface area contributed by atoms with Crippen LogP contribution in [0.3, 0.4) is 0 Å². The molecule has 2 rings (SSSR count). The highest BCUT2D eigenvalue weighted by atomic mass is 15.1. The standard InChI is InChI=1S/C10H13N3/c1-2-13-9(7-12-10(13)11)8-5-3-4-6-8/h3-5,7H,2,6H2,1H3,(H2,11,12). The maximum absolute atomic E-state index is 5.72. The Hall–Kier alpha value is -1.51. The number of aromatic nitrogens is 2. The van der Waals surface area contributed by atoms with Crippen LogP contribution in [0.4, 0.5) is 5.95 Å². The predicted octanol–water partition coefficient (Wildman–Crippen LogP) is 1.83. The lowest BCUT2D eigenvalue weighted by atomic mass is 10.2. The third kappa shape index (κ3) is 1.26. The molecule has 1 aromatic rings. The Balaban J connectivity index is 2.40. The average molecular weight is 175 g/mol. The molecule has 1 heterocycles. The first-order valence-corrected chi connectivity index (χ1v) is 4.50. The topological polar surface area (TPSA) is 43.8 Å². The summed E-state index contributed by atoms with van der Waals surface area (Å²) in [6, 6.07) is 0. The van der Waals surface area contributed by atoms with Gasteiger partial charge in [0.1, 0.15) is 0 Å². The smallest absolute Gasteiger partial charge is 0.200 e. The normalized spacial score (nSPS) is 15.0. The van der Waals surface area contributed by atoms with Gasteiger partial charge in [0.25, 0.3) is 0 Å². The minimum absolute atomic E-state index is 0.602. The highest BCUT2D eigenvalue weighted by Crippen LogP contribution is 2.24. The Morgan fingerprint density at radius 2 is 2.46 bits per heavy atom. The van der Waals surface area contributed by atoms with Crippen molar-refractivity contribution in [2.45, 2.75) is 19.9 Å². The number of anilines is 1. The molecule has 1 aliphatic rings. The van der Waals surface area contributed by atoms with Crippen molar-refractivity contribution in [1.29, 1.82) is 0 Å². The van der Waals surface area contributed by atoms with E-state index in [1.165, 1.54) is 5.57 Å². The van der Waals surface area contributed by atoms with Crippen LogP contribution in [0.25, 0.3) is 5.57 Å². The van der Waals surface area contributed by atoms with Crippen molar-refractivity contribution in [3.05, 3.63) is 30.1 Å². The molecular formula is C10H13N3. The molecule has 0 radical (unpaired) electrons. The molecule has 0 saturated carbocycles. The Labute approximate surface area is 77.6 Å². The summed E-state index contributed by atoms with van der Waals surface area (Å²) >= 11 is 0. The lowest BCUT2D eigenvalue weighted by Crippen LogP contribution is -2.04. The molecule has 3 heteroatoms. The van der Waals surface area contributed by atoms with Crippen LogP contribution >= 0.6 is 0 Å². The van der Waals surface area contributed by atoms with Crippen molar-refractivity contribution in [2.24, 2.45) is 0 Å². The van der Waals surface area contributed by atoms with E-state index < -0.39 is 0 Å². The van der Waals surface area contributed by atoms with Gasteiger partial charge in [-0.1, -0.05) is 18.2 Å². The van der Waals surface area contributed by atoms with Crippen LogP contribution in [0.15, 0.2) is 24.4 Å². The molecule has 0 aliphatic heterocycles. The number of nitrogen functional groups attached to an aromatic ring is 1. The van der Waals surface area contributed by atoms with Crippen LogP contribution in [0.1, 0.15) is 19.0 Å². The van der Waals surface area contributed by atoms with Crippen LogP contribution < -0.4 is 5.73 Å². The second-order valence-corrected chi connectivity index (χ2v) is 3.07. The molecule has 1 aromatic heterocycles. The molecule has 0 atom stereocenters. The molecular weight excluding hydrogens is 162 g/mol. The fourth-order valence-corrected chi connectivity index (χ4v) is 1.62. The maximum atomic E-state index is 5.72. The third-order valence-electron chi connectivity index (χ3n) is 2.30. The van der Waals surface area contributed by atoms with Gasteiger partial charge in [0.15, 0.2) is 0 Å². The van der Waals surface area contributed by atoms with Crippen molar-refractivity contribution >= 4 is 11.5 Å². The summed E-state index contributed by atoms with van der Waals surface area (Å²) in [6.45, 7) is 2.95. The van der Waals surface area contributed by atoms with Crippen molar-refractivity contribution < 1.29 is 0 Å². The second kappa shape index (κ2) is 3.09. The highest BCUT2D eigenvalue weighted by Gasteiger charge is 2.10. The number of nitrogens with two attached hydrogens (primary N) is 1. The van der Waals surface area contributed by atoms with Crippen LogP contribution in [0.2, 0.25) is 0 Å². The van der Waals surface area contributed by atoms with E-state index in [1.807, 2.05) is 10.8 Å². The minimum Gasteiger partial charge on any atom is -0.369 e. The number of hydrogen-bond donors (Lipinski definition) is 1. The van der Waals surface area contributed by atoms with Crippen molar-refractivity contribution in [1.82, 2.24) is 9.55 Å². The Bertz CT molecular complexity index is 372. The molecule has 13 heavy (non-hydrogen) atoms. The molecule has 68 valence electrons. The van der Waals surface area contributed by atoms with Crippen molar-refractivity contribution in [3.8, 4) is 0 Å². The van der Waals surface area contributed by atoms with Gasteiger partial charge in [0.2, 0.25) is 5.95 Å². The second-order valence-electron chi connectivity index (χ2n) is 3.07. The van der Waals surface area contributed by atoms with Gasteiger partial charge in [-0.3, -0.25) is 0 Å². The van der Waals surface area contributed by atoms with Crippen LogP contribution in [0, 0.1) is 0 Å². The fourth-order valence-electron chi connectivity index (χ4n) is 1.62. The molecule has 1 aliphatic carbocycles. The quantitative estimate of drug-likeness (QED) is 0.745. The van der Waals surface area contributed by atoms with E-state index in [0.29, 0.717) is 5.95 Å². The molecule has 0 saturated heterocycles. The first-order valence-electron chi connectivity index (χ1n) is 4.50. The van der Waals surface area contributed by atoms with E-state index >= 15 is 0 Å². The average Bonchev–Trinajstić information content (AvgIpc) is 2.71. The van der Waals surface area contributed by atoms with Gasteiger partial charge in [-0.05, 0) is 18.9 Å². The van der Waals surface area contributed by atoms with Gasteiger partial charge in [0.05, 0.1) is 11.9 Å². The molecule has 2 N–H and O–H groups in total. The molecule has 0 bridgehead atoms. The summed E-state index contributed by atoms with van der Waals surface area (Å²) in [5, 5.41) is 0. The Morgan fingerprint density at radius 3 is 3.08 bits per heavy atom. The largest absolute Gasteiger partial charge is 0.369 e. The number of allylic oxidation sites excluding steroid dienone is 4. The lowest BCUT2D eigenvalue weighted by molar-refractivity contribution is 0.762. The number of rotatable bonds is 2. The van der Waals surface area contributed by atoms with Gasteiger partial charge in [-0.25, -0.2) is 4.98 Å². The summed E-state index contributed by atoms with van der Waals surface area (Å²) < 4.78 is 2.03. The zero-order chi connectivity index (χ0) is 9.26. The lowest BCUT2D eigenvalue weighted by Gasteiger charge is -2.06. The summed E-state index contributed by atoms with van der Waals surface area (Å²) in [7, 11) is 0. The minimum atomic E-state index is 0.602. The van der Waals surface area contributed by atoms with Crippen molar-refractivity contribution in [3.63, 3.8) is 0 Å². The van der Waals surface area contributed by atoms with E-state index in [4.69, 9.17) is 5.73 Å².